The number of nitrogens with one attached hydrogen (secondary N) is 1. The van der Waals surface area contributed by atoms with Gasteiger partial charge < -0.3 is 14.5 Å². The van der Waals surface area contributed by atoms with Crippen LogP contribution in [0.4, 0.5) is 10.1 Å². The summed E-state index contributed by atoms with van der Waals surface area (Å²) in [5, 5.41) is 2.38. The number of hydrogen-bond donors (Lipinski definition) is 1. The van der Waals surface area contributed by atoms with Crippen LogP contribution in [0.3, 0.4) is 0 Å². The van der Waals surface area contributed by atoms with Gasteiger partial charge in [-0.05, 0) is 37.3 Å². The molecule has 1 aromatic carbocycles. The van der Waals surface area contributed by atoms with E-state index in [2.05, 4.69) is 21.2 Å². The minimum atomic E-state index is -1.03. The third kappa shape index (κ3) is 5.21. The standard InChI is InChI=1S/C16H15BrFNO4/c1-10(23-15(20)7-5-12-3-2-8-22-12)16(21)19-14-6-4-11(17)9-13(14)18/h2-4,6,8-10H,5,7H2,1H3,(H,19,21)/t10-/m1/s1. The average Bonchev–Trinajstić information content (AvgIpc) is 3.01. The quantitative estimate of drug-likeness (QED) is 0.772. The number of rotatable bonds is 6. The molecule has 1 heterocycles. The number of aryl methyl sites for hydroxylation is 1. The molecular weight excluding hydrogens is 369 g/mol. The summed E-state index contributed by atoms with van der Waals surface area (Å²) < 4.78 is 24.3. The maximum Gasteiger partial charge on any atom is 0.307 e. The van der Waals surface area contributed by atoms with Crippen molar-refractivity contribution in [2.75, 3.05) is 5.32 Å². The van der Waals surface area contributed by atoms with Crippen molar-refractivity contribution in [1.82, 2.24) is 0 Å². The maximum atomic E-state index is 13.7. The van der Waals surface area contributed by atoms with E-state index in [0.717, 1.165) is 0 Å². The Morgan fingerprint density at radius 1 is 1.39 bits per heavy atom. The second-order valence-corrected chi connectivity index (χ2v) is 5.74. The molecule has 1 amide bonds. The molecular formula is C16H15BrFNO4. The number of benzene rings is 1. The third-order valence-corrected chi connectivity index (χ3v) is 3.52. The Balaban J connectivity index is 1.83. The third-order valence-electron chi connectivity index (χ3n) is 3.02. The van der Waals surface area contributed by atoms with Crippen LogP contribution in [0.5, 0.6) is 0 Å². The van der Waals surface area contributed by atoms with Crippen molar-refractivity contribution in [3.8, 4) is 0 Å². The zero-order chi connectivity index (χ0) is 16.8. The van der Waals surface area contributed by atoms with Gasteiger partial charge in [0.1, 0.15) is 11.6 Å². The minimum Gasteiger partial charge on any atom is -0.469 e. The number of hydrogen-bond acceptors (Lipinski definition) is 4. The van der Waals surface area contributed by atoms with Crippen molar-refractivity contribution in [1.29, 1.82) is 0 Å². The monoisotopic (exact) mass is 383 g/mol. The molecule has 0 aliphatic heterocycles. The Kier molecular flexibility index (Phi) is 5.92. The number of furan rings is 1. The predicted octanol–water partition coefficient (Wildman–Crippen LogP) is 3.68. The number of amides is 1. The van der Waals surface area contributed by atoms with Crippen LogP contribution in [-0.4, -0.2) is 18.0 Å². The molecule has 23 heavy (non-hydrogen) atoms. The minimum absolute atomic E-state index is 0.0247. The first-order valence-corrected chi connectivity index (χ1v) is 7.73. The van der Waals surface area contributed by atoms with E-state index in [4.69, 9.17) is 9.15 Å². The molecule has 5 nitrogen and oxygen atoms in total. The summed E-state index contributed by atoms with van der Waals surface area (Å²) in [5.41, 5.74) is 0.0247. The van der Waals surface area contributed by atoms with Gasteiger partial charge in [-0.1, -0.05) is 15.9 Å². The first-order valence-electron chi connectivity index (χ1n) is 6.93. The molecule has 122 valence electrons. The van der Waals surface area contributed by atoms with E-state index in [1.54, 1.807) is 18.2 Å². The van der Waals surface area contributed by atoms with Crippen LogP contribution in [0, 0.1) is 5.82 Å². The molecule has 1 N–H and O–H groups in total. The lowest BCUT2D eigenvalue weighted by molar-refractivity contribution is -0.153. The van der Waals surface area contributed by atoms with E-state index in [9.17, 15) is 14.0 Å². The Hall–Kier alpha value is -2.15. The number of ether oxygens (including phenoxy) is 1. The van der Waals surface area contributed by atoms with Gasteiger partial charge in [0.15, 0.2) is 6.10 Å². The second kappa shape index (κ2) is 7.92. The lowest BCUT2D eigenvalue weighted by Gasteiger charge is -2.14. The van der Waals surface area contributed by atoms with E-state index in [0.29, 0.717) is 16.7 Å². The highest BCUT2D eigenvalue weighted by molar-refractivity contribution is 9.10. The number of anilines is 1. The Bertz CT molecular complexity index is 687. The van der Waals surface area contributed by atoms with Crippen LogP contribution in [0.25, 0.3) is 0 Å². The average molecular weight is 384 g/mol. The lowest BCUT2D eigenvalue weighted by atomic mass is 10.2. The summed E-state index contributed by atoms with van der Waals surface area (Å²) >= 11 is 3.13. The van der Waals surface area contributed by atoms with Crippen LogP contribution >= 0.6 is 15.9 Å². The second-order valence-electron chi connectivity index (χ2n) is 4.82. The van der Waals surface area contributed by atoms with Crippen molar-refractivity contribution >= 4 is 33.5 Å². The molecule has 7 heteroatoms. The molecule has 0 saturated carbocycles. The zero-order valence-electron chi connectivity index (χ0n) is 12.3. The first kappa shape index (κ1) is 17.2. The zero-order valence-corrected chi connectivity index (χ0v) is 13.9. The van der Waals surface area contributed by atoms with Gasteiger partial charge in [-0.2, -0.15) is 0 Å². The van der Waals surface area contributed by atoms with Gasteiger partial charge in [0.25, 0.3) is 5.91 Å². The van der Waals surface area contributed by atoms with Crippen LogP contribution < -0.4 is 5.32 Å². The maximum absolute atomic E-state index is 13.7. The molecule has 0 unspecified atom stereocenters. The van der Waals surface area contributed by atoms with Gasteiger partial charge in [-0.15, -0.1) is 0 Å². The lowest BCUT2D eigenvalue weighted by Crippen LogP contribution is -2.30. The summed E-state index contributed by atoms with van der Waals surface area (Å²) in [5.74, 6) is -1.04. The normalized spacial score (nSPS) is 11.8. The SMILES string of the molecule is C[C@@H](OC(=O)CCc1ccco1)C(=O)Nc1ccc(Br)cc1F. The van der Waals surface area contributed by atoms with Crippen molar-refractivity contribution in [2.24, 2.45) is 0 Å². The van der Waals surface area contributed by atoms with Crippen molar-refractivity contribution < 1.29 is 23.1 Å². The van der Waals surface area contributed by atoms with Crippen molar-refractivity contribution in [3.05, 3.63) is 52.6 Å². The van der Waals surface area contributed by atoms with E-state index in [1.165, 1.54) is 25.3 Å². The highest BCUT2D eigenvalue weighted by atomic mass is 79.9. The Morgan fingerprint density at radius 3 is 2.83 bits per heavy atom. The molecule has 2 rings (SSSR count). The first-order chi connectivity index (χ1) is 11.0. The number of carbonyl (C=O) groups is 2. The summed E-state index contributed by atoms with van der Waals surface area (Å²) in [6.45, 7) is 1.43. The topological polar surface area (TPSA) is 68.5 Å². The molecule has 0 fully saturated rings. The molecule has 2 aromatic rings. The van der Waals surface area contributed by atoms with E-state index < -0.39 is 23.8 Å². The molecule has 0 radical (unpaired) electrons. The fraction of sp³-hybridized carbons (Fsp3) is 0.250. The van der Waals surface area contributed by atoms with E-state index in [1.807, 2.05) is 0 Å². The van der Waals surface area contributed by atoms with Crippen LogP contribution in [-0.2, 0) is 20.7 Å². The van der Waals surface area contributed by atoms with Crippen molar-refractivity contribution in [2.45, 2.75) is 25.9 Å². The highest BCUT2D eigenvalue weighted by Gasteiger charge is 2.19. The summed E-state index contributed by atoms with van der Waals surface area (Å²) in [4.78, 5) is 23.6. The summed E-state index contributed by atoms with van der Waals surface area (Å²) in [6, 6.07) is 7.72. The highest BCUT2D eigenvalue weighted by Crippen LogP contribution is 2.19. The van der Waals surface area contributed by atoms with Crippen LogP contribution in [0.15, 0.2) is 45.5 Å². The molecule has 0 spiro atoms. The Labute approximate surface area is 140 Å². The molecule has 0 bridgehead atoms. The van der Waals surface area contributed by atoms with Gasteiger partial charge in [-0.3, -0.25) is 9.59 Å². The predicted molar refractivity (Wildman–Crippen MR) is 85.3 cm³/mol. The van der Waals surface area contributed by atoms with Gasteiger partial charge in [-0.25, -0.2) is 4.39 Å². The van der Waals surface area contributed by atoms with Gasteiger partial charge >= 0.3 is 5.97 Å². The fourth-order valence-electron chi connectivity index (χ4n) is 1.81. The molecule has 1 aromatic heterocycles. The van der Waals surface area contributed by atoms with Crippen LogP contribution in [0.2, 0.25) is 0 Å². The number of halogens is 2. The summed E-state index contributed by atoms with van der Waals surface area (Å²) in [6.07, 6.45) is 0.977. The molecule has 1 atom stereocenters. The molecule has 0 aliphatic carbocycles. The number of carbonyl (C=O) groups excluding carboxylic acids is 2. The van der Waals surface area contributed by atoms with E-state index >= 15 is 0 Å². The van der Waals surface area contributed by atoms with Gasteiger partial charge in [0, 0.05) is 10.9 Å². The largest absolute Gasteiger partial charge is 0.469 e. The smallest absolute Gasteiger partial charge is 0.307 e. The molecule has 0 saturated heterocycles. The van der Waals surface area contributed by atoms with Crippen molar-refractivity contribution in [3.63, 3.8) is 0 Å². The van der Waals surface area contributed by atoms with Gasteiger partial charge in [0.05, 0.1) is 18.4 Å². The van der Waals surface area contributed by atoms with Gasteiger partial charge in [0.2, 0.25) is 0 Å². The fourth-order valence-corrected chi connectivity index (χ4v) is 2.15. The van der Waals surface area contributed by atoms with Crippen LogP contribution in [0.1, 0.15) is 19.1 Å². The summed E-state index contributed by atoms with van der Waals surface area (Å²) in [7, 11) is 0. The molecule has 0 aliphatic rings. The Morgan fingerprint density at radius 2 is 2.17 bits per heavy atom. The number of esters is 1. The van der Waals surface area contributed by atoms with E-state index in [-0.39, 0.29) is 12.1 Å².